The molecular formula is C50H30N6O. The van der Waals surface area contributed by atoms with E-state index in [4.69, 9.17) is 24.4 Å². The standard InChI is InChI=1S/C50H30N6O/c1-3-15-31(16-4-1)47-52-48(32-17-5-2-6-18-32)54-49(53-47)38-28-30-44(55-39-23-11-7-19-33(39)34-20-8-12-24-40(34)55)51-50(38)56-41-25-13-9-21-35(41)36-27-29-43-45(46(36)56)37-22-10-14-26-42(37)57-43/h1-30H. The van der Waals surface area contributed by atoms with Gasteiger partial charge < -0.3 is 4.42 Å². The van der Waals surface area contributed by atoms with Gasteiger partial charge in [0.05, 0.1) is 33.0 Å². The number of furan rings is 1. The summed E-state index contributed by atoms with van der Waals surface area (Å²) in [6.07, 6.45) is 0. The van der Waals surface area contributed by atoms with Crippen LogP contribution in [0.25, 0.3) is 111 Å². The van der Waals surface area contributed by atoms with E-state index in [1.165, 1.54) is 10.8 Å². The molecule has 0 bridgehead atoms. The van der Waals surface area contributed by atoms with Crippen LogP contribution in [0.1, 0.15) is 0 Å². The summed E-state index contributed by atoms with van der Waals surface area (Å²) >= 11 is 0. The van der Waals surface area contributed by atoms with Crippen LogP contribution in [-0.4, -0.2) is 29.1 Å². The fourth-order valence-electron chi connectivity index (χ4n) is 8.49. The van der Waals surface area contributed by atoms with Gasteiger partial charge in [0, 0.05) is 38.1 Å². The topological polar surface area (TPSA) is 74.6 Å². The summed E-state index contributed by atoms with van der Waals surface area (Å²) in [7, 11) is 0. The van der Waals surface area contributed by atoms with E-state index in [2.05, 4.69) is 118 Å². The number of fused-ring (bicyclic) bond motifs is 10. The Hall–Kier alpha value is -7.90. The Morgan fingerprint density at radius 1 is 0.351 bits per heavy atom. The van der Waals surface area contributed by atoms with Gasteiger partial charge in [-0.2, -0.15) is 0 Å². The molecular weight excluding hydrogens is 701 g/mol. The Kier molecular flexibility index (Phi) is 6.79. The fraction of sp³-hybridized carbons (Fsp3) is 0. The molecule has 266 valence electrons. The number of aromatic nitrogens is 6. The number of hydrogen-bond donors (Lipinski definition) is 0. The predicted molar refractivity (Wildman–Crippen MR) is 230 cm³/mol. The molecule has 0 N–H and O–H groups in total. The first-order valence-corrected chi connectivity index (χ1v) is 19.0. The molecule has 0 aliphatic rings. The molecule has 12 aromatic rings. The lowest BCUT2D eigenvalue weighted by atomic mass is 10.1. The summed E-state index contributed by atoms with van der Waals surface area (Å²) in [6, 6.07) is 62.4. The van der Waals surface area contributed by atoms with E-state index in [9.17, 15) is 0 Å². The van der Waals surface area contributed by atoms with Gasteiger partial charge in [-0.05, 0) is 48.5 Å². The molecule has 0 aliphatic heterocycles. The Balaban J connectivity index is 1.24. The van der Waals surface area contributed by atoms with Crippen molar-refractivity contribution < 1.29 is 4.42 Å². The third kappa shape index (κ3) is 4.79. The van der Waals surface area contributed by atoms with E-state index >= 15 is 0 Å². The number of hydrogen-bond acceptors (Lipinski definition) is 5. The second-order valence-corrected chi connectivity index (χ2v) is 14.2. The molecule has 0 atom stereocenters. The second kappa shape index (κ2) is 12.3. The van der Waals surface area contributed by atoms with Crippen molar-refractivity contribution in [1.29, 1.82) is 0 Å². The lowest BCUT2D eigenvalue weighted by molar-refractivity contribution is 0.669. The van der Waals surface area contributed by atoms with Crippen LogP contribution in [-0.2, 0) is 0 Å². The molecule has 0 unspecified atom stereocenters. The maximum Gasteiger partial charge on any atom is 0.167 e. The summed E-state index contributed by atoms with van der Waals surface area (Å²) in [5, 5.41) is 6.62. The maximum atomic E-state index is 6.50. The molecule has 0 amide bonds. The first-order chi connectivity index (χ1) is 28.3. The highest BCUT2D eigenvalue weighted by molar-refractivity contribution is 6.24. The maximum absolute atomic E-state index is 6.50. The molecule has 0 aliphatic carbocycles. The highest BCUT2D eigenvalue weighted by atomic mass is 16.3. The molecule has 0 spiro atoms. The van der Waals surface area contributed by atoms with Crippen molar-refractivity contribution in [2.24, 2.45) is 0 Å². The van der Waals surface area contributed by atoms with Crippen molar-refractivity contribution in [2.75, 3.05) is 0 Å². The number of rotatable bonds is 5. The Morgan fingerprint density at radius 3 is 1.49 bits per heavy atom. The molecule has 7 heteroatoms. The number of para-hydroxylation sites is 4. The van der Waals surface area contributed by atoms with Crippen LogP contribution in [0.4, 0.5) is 0 Å². The van der Waals surface area contributed by atoms with Crippen LogP contribution in [0.3, 0.4) is 0 Å². The van der Waals surface area contributed by atoms with Crippen LogP contribution in [0.5, 0.6) is 0 Å². The number of pyridine rings is 1. The van der Waals surface area contributed by atoms with E-state index in [1.54, 1.807) is 0 Å². The second-order valence-electron chi connectivity index (χ2n) is 14.2. The largest absolute Gasteiger partial charge is 0.456 e. The predicted octanol–water partition coefficient (Wildman–Crippen LogP) is 12.4. The Bertz CT molecular complexity index is 3420. The van der Waals surface area contributed by atoms with Crippen molar-refractivity contribution in [3.8, 4) is 45.8 Å². The van der Waals surface area contributed by atoms with Crippen molar-refractivity contribution in [3.05, 3.63) is 182 Å². The quantitative estimate of drug-likeness (QED) is 0.176. The van der Waals surface area contributed by atoms with E-state index in [0.717, 1.165) is 77.3 Å². The van der Waals surface area contributed by atoms with Crippen LogP contribution >= 0.6 is 0 Å². The molecule has 0 fully saturated rings. The zero-order valence-corrected chi connectivity index (χ0v) is 30.4. The van der Waals surface area contributed by atoms with Crippen LogP contribution in [0.2, 0.25) is 0 Å². The molecule has 12 rings (SSSR count). The van der Waals surface area contributed by atoms with E-state index in [0.29, 0.717) is 23.3 Å². The van der Waals surface area contributed by atoms with Gasteiger partial charge in [0.2, 0.25) is 0 Å². The molecule has 57 heavy (non-hydrogen) atoms. The first-order valence-electron chi connectivity index (χ1n) is 19.0. The van der Waals surface area contributed by atoms with E-state index in [-0.39, 0.29) is 0 Å². The zero-order chi connectivity index (χ0) is 37.5. The summed E-state index contributed by atoms with van der Waals surface area (Å²) in [5.41, 5.74) is 8.39. The third-order valence-corrected chi connectivity index (χ3v) is 11.0. The highest BCUT2D eigenvalue weighted by Gasteiger charge is 2.25. The average Bonchev–Trinajstić information content (AvgIpc) is 3.94. The smallest absolute Gasteiger partial charge is 0.167 e. The molecule has 0 saturated heterocycles. The minimum Gasteiger partial charge on any atom is -0.456 e. The normalized spacial score (nSPS) is 11.9. The molecule has 0 radical (unpaired) electrons. The number of benzene rings is 7. The average molecular weight is 731 g/mol. The van der Waals surface area contributed by atoms with Crippen LogP contribution in [0, 0.1) is 0 Å². The van der Waals surface area contributed by atoms with E-state index < -0.39 is 0 Å². The molecule has 7 aromatic carbocycles. The van der Waals surface area contributed by atoms with Gasteiger partial charge >= 0.3 is 0 Å². The summed E-state index contributed by atoms with van der Waals surface area (Å²) in [4.78, 5) is 21.2. The molecule has 7 nitrogen and oxygen atoms in total. The van der Waals surface area contributed by atoms with Gasteiger partial charge in [-0.1, -0.05) is 133 Å². The summed E-state index contributed by atoms with van der Waals surface area (Å²) in [5.74, 6) is 3.17. The zero-order valence-electron chi connectivity index (χ0n) is 30.4. The van der Waals surface area contributed by atoms with Crippen molar-refractivity contribution >= 4 is 65.6 Å². The fourth-order valence-corrected chi connectivity index (χ4v) is 8.49. The van der Waals surface area contributed by atoms with Gasteiger partial charge in [-0.3, -0.25) is 9.13 Å². The van der Waals surface area contributed by atoms with Crippen molar-refractivity contribution in [2.45, 2.75) is 0 Å². The first kappa shape index (κ1) is 31.5. The van der Waals surface area contributed by atoms with Crippen molar-refractivity contribution in [3.63, 3.8) is 0 Å². The lowest BCUT2D eigenvalue weighted by Crippen LogP contribution is -2.08. The third-order valence-electron chi connectivity index (χ3n) is 11.0. The van der Waals surface area contributed by atoms with Gasteiger partial charge in [0.25, 0.3) is 0 Å². The Labute approximate surface area is 325 Å². The minimum absolute atomic E-state index is 0.522. The monoisotopic (exact) mass is 730 g/mol. The highest BCUT2D eigenvalue weighted by Crippen LogP contribution is 2.43. The Morgan fingerprint density at radius 2 is 0.860 bits per heavy atom. The molecule has 5 heterocycles. The molecule has 0 saturated carbocycles. The minimum atomic E-state index is 0.522. The van der Waals surface area contributed by atoms with Gasteiger partial charge in [-0.25, -0.2) is 19.9 Å². The van der Waals surface area contributed by atoms with E-state index in [1.807, 2.05) is 72.8 Å². The van der Waals surface area contributed by atoms with Gasteiger partial charge in [0.1, 0.15) is 17.0 Å². The van der Waals surface area contributed by atoms with Gasteiger partial charge in [0.15, 0.2) is 23.3 Å². The van der Waals surface area contributed by atoms with Crippen molar-refractivity contribution in [1.82, 2.24) is 29.1 Å². The number of nitrogens with zero attached hydrogens (tertiary/aromatic N) is 6. The van der Waals surface area contributed by atoms with Crippen LogP contribution in [0.15, 0.2) is 186 Å². The SMILES string of the molecule is c1ccc(-c2nc(-c3ccccc3)nc(-c3ccc(-n4c5ccccc5c5ccccc54)nc3-n3c4ccccc4c4ccc5oc6ccccc6c5c43)n2)cc1. The van der Waals surface area contributed by atoms with Gasteiger partial charge in [-0.15, -0.1) is 0 Å². The van der Waals surface area contributed by atoms with Crippen LogP contribution < -0.4 is 0 Å². The summed E-state index contributed by atoms with van der Waals surface area (Å²) in [6.45, 7) is 0. The lowest BCUT2D eigenvalue weighted by Gasteiger charge is -2.16. The summed E-state index contributed by atoms with van der Waals surface area (Å²) < 4.78 is 11.0. The molecule has 5 aromatic heterocycles.